The number of aryl methyl sites for hydroxylation is 1. The van der Waals surface area contributed by atoms with E-state index in [0.29, 0.717) is 0 Å². The van der Waals surface area contributed by atoms with E-state index in [9.17, 15) is 4.79 Å². The third-order valence-corrected chi connectivity index (χ3v) is 3.65. The Kier molecular flexibility index (Phi) is 5.21. The van der Waals surface area contributed by atoms with Crippen LogP contribution in [-0.2, 0) is 4.74 Å². The lowest BCUT2D eigenvalue weighted by Crippen LogP contribution is -2.25. The molecule has 1 saturated heterocycles. The van der Waals surface area contributed by atoms with Crippen molar-refractivity contribution >= 4 is 34.3 Å². The predicted molar refractivity (Wildman–Crippen MR) is 84.2 cm³/mol. The lowest BCUT2D eigenvalue weighted by molar-refractivity contribution is 0.119. The van der Waals surface area contributed by atoms with Gasteiger partial charge < -0.3 is 15.4 Å². The Labute approximate surface area is 126 Å². The van der Waals surface area contributed by atoms with Crippen molar-refractivity contribution in [3.63, 3.8) is 0 Å². The van der Waals surface area contributed by atoms with Gasteiger partial charge in [0.2, 0.25) is 0 Å². The van der Waals surface area contributed by atoms with Gasteiger partial charge in [0.1, 0.15) is 0 Å². The topological polar surface area (TPSA) is 50.4 Å². The van der Waals surface area contributed by atoms with Crippen LogP contribution in [-0.4, -0.2) is 19.2 Å². The molecule has 0 radical (unpaired) electrons. The van der Waals surface area contributed by atoms with E-state index in [1.54, 1.807) is 6.20 Å². The Hall–Kier alpha value is -1.08. The van der Waals surface area contributed by atoms with Crippen LogP contribution in [0.4, 0.5) is 10.5 Å². The third-order valence-electron chi connectivity index (χ3n) is 2.98. The molecule has 19 heavy (non-hydrogen) atoms. The monoisotopic (exact) mass is 372 g/mol. The Balaban J connectivity index is 1.90. The number of amides is 2. The second kappa shape index (κ2) is 6.91. The zero-order valence-electron chi connectivity index (χ0n) is 10.8. The molecule has 5 heteroatoms. The van der Waals surface area contributed by atoms with Crippen molar-refractivity contribution in [2.24, 2.45) is 0 Å². The molecule has 0 aliphatic carbocycles. The molecular formula is C14H17IN2O2. The molecule has 1 heterocycles. The van der Waals surface area contributed by atoms with E-state index in [2.05, 4.69) is 33.2 Å². The van der Waals surface area contributed by atoms with Crippen LogP contribution in [0.2, 0.25) is 0 Å². The molecule has 0 saturated carbocycles. The van der Waals surface area contributed by atoms with Crippen LogP contribution in [0.3, 0.4) is 0 Å². The van der Waals surface area contributed by atoms with Gasteiger partial charge in [-0.05, 0) is 71.7 Å². The number of ether oxygens (including phenoxy) is 1. The molecular weight excluding hydrogens is 355 g/mol. The van der Waals surface area contributed by atoms with E-state index in [4.69, 9.17) is 4.74 Å². The van der Waals surface area contributed by atoms with Crippen LogP contribution in [0.5, 0.6) is 0 Å². The van der Waals surface area contributed by atoms with E-state index in [1.165, 1.54) is 5.57 Å². The van der Waals surface area contributed by atoms with E-state index in [0.717, 1.165) is 40.9 Å². The summed E-state index contributed by atoms with van der Waals surface area (Å²) in [5.41, 5.74) is 3.12. The summed E-state index contributed by atoms with van der Waals surface area (Å²) in [6.07, 6.45) is 3.57. The number of urea groups is 1. The number of hydrogen-bond donors (Lipinski definition) is 2. The van der Waals surface area contributed by atoms with Crippen LogP contribution in [0.1, 0.15) is 18.4 Å². The third kappa shape index (κ3) is 4.50. The summed E-state index contributed by atoms with van der Waals surface area (Å²) in [5, 5.41) is 5.62. The van der Waals surface area contributed by atoms with Gasteiger partial charge in [-0.2, -0.15) is 0 Å². The van der Waals surface area contributed by atoms with E-state index >= 15 is 0 Å². The number of hydrogen-bond acceptors (Lipinski definition) is 2. The standard InChI is InChI=1S/C14H17IN2O2/c1-10-8-12(15)2-3-13(10)17-14(18)16-9-11-4-6-19-7-5-11/h2-3,8-9H,4-7H2,1H3,(H2,16,17,18). The lowest BCUT2D eigenvalue weighted by atomic mass is 10.1. The fraction of sp³-hybridized carbons (Fsp3) is 0.357. The Bertz CT molecular complexity index is 492. The molecule has 0 spiro atoms. The number of carbonyl (C=O) groups is 1. The molecule has 1 aromatic carbocycles. The summed E-state index contributed by atoms with van der Waals surface area (Å²) in [4.78, 5) is 11.8. The first-order valence-electron chi connectivity index (χ1n) is 6.24. The van der Waals surface area contributed by atoms with Crippen LogP contribution in [0.25, 0.3) is 0 Å². The highest BCUT2D eigenvalue weighted by molar-refractivity contribution is 14.1. The number of rotatable bonds is 2. The maximum absolute atomic E-state index is 11.8. The molecule has 1 aromatic rings. The fourth-order valence-corrected chi connectivity index (χ4v) is 2.52. The van der Waals surface area contributed by atoms with Crippen molar-refractivity contribution in [3.05, 3.63) is 39.1 Å². The highest BCUT2D eigenvalue weighted by atomic mass is 127. The maximum atomic E-state index is 11.8. The summed E-state index contributed by atoms with van der Waals surface area (Å²) in [7, 11) is 0. The minimum absolute atomic E-state index is 0.205. The second-order valence-corrected chi connectivity index (χ2v) is 5.72. The molecule has 2 rings (SSSR count). The number of halogens is 1. The van der Waals surface area contributed by atoms with Gasteiger partial charge in [0.25, 0.3) is 0 Å². The van der Waals surface area contributed by atoms with E-state index < -0.39 is 0 Å². The van der Waals surface area contributed by atoms with Crippen molar-refractivity contribution in [1.82, 2.24) is 5.32 Å². The van der Waals surface area contributed by atoms with Crippen LogP contribution >= 0.6 is 22.6 Å². The second-order valence-electron chi connectivity index (χ2n) is 4.47. The Morgan fingerprint density at radius 1 is 1.37 bits per heavy atom. The van der Waals surface area contributed by atoms with Gasteiger partial charge in [-0.3, -0.25) is 0 Å². The molecule has 2 N–H and O–H groups in total. The summed E-state index contributed by atoms with van der Waals surface area (Å²) in [6, 6.07) is 5.72. The molecule has 2 amide bonds. The quantitative estimate of drug-likeness (QED) is 0.782. The average molecular weight is 372 g/mol. The van der Waals surface area contributed by atoms with Crippen molar-refractivity contribution < 1.29 is 9.53 Å². The molecule has 0 aromatic heterocycles. The molecule has 0 unspecified atom stereocenters. The smallest absolute Gasteiger partial charge is 0.323 e. The number of anilines is 1. The van der Waals surface area contributed by atoms with Crippen molar-refractivity contribution in [3.8, 4) is 0 Å². The van der Waals surface area contributed by atoms with Crippen LogP contribution in [0, 0.1) is 10.5 Å². The first-order valence-corrected chi connectivity index (χ1v) is 7.32. The minimum Gasteiger partial charge on any atom is -0.381 e. The van der Waals surface area contributed by atoms with Crippen molar-refractivity contribution in [1.29, 1.82) is 0 Å². The van der Waals surface area contributed by atoms with Gasteiger partial charge in [-0.1, -0.05) is 0 Å². The SMILES string of the molecule is Cc1cc(I)ccc1NC(=O)NC=C1CCOCC1. The highest BCUT2D eigenvalue weighted by Crippen LogP contribution is 2.17. The van der Waals surface area contributed by atoms with E-state index in [1.807, 2.05) is 25.1 Å². The molecule has 1 aliphatic rings. The zero-order valence-corrected chi connectivity index (χ0v) is 13.0. The van der Waals surface area contributed by atoms with E-state index in [-0.39, 0.29) is 6.03 Å². The summed E-state index contributed by atoms with van der Waals surface area (Å²) in [5.74, 6) is 0. The molecule has 4 nitrogen and oxygen atoms in total. The fourth-order valence-electron chi connectivity index (χ4n) is 1.87. The Morgan fingerprint density at radius 2 is 2.11 bits per heavy atom. The van der Waals surface area contributed by atoms with Gasteiger partial charge >= 0.3 is 6.03 Å². The summed E-state index contributed by atoms with van der Waals surface area (Å²) >= 11 is 2.25. The van der Waals surface area contributed by atoms with Gasteiger partial charge in [0.05, 0.1) is 13.2 Å². The first-order chi connectivity index (χ1) is 9.15. The van der Waals surface area contributed by atoms with Gasteiger partial charge in [-0.25, -0.2) is 4.79 Å². The lowest BCUT2D eigenvalue weighted by Gasteiger charge is -2.15. The van der Waals surface area contributed by atoms with Gasteiger partial charge in [0, 0.05) is 15.5 Å². The van der Waals surface area contributed by atoms with Crippen molar-refractivity contribution in [2.45, 2.75) is 19.8 Å². The predicted octanol–water partition coefficient (Wildman–Crippen LogP) is 3.42. The number of carbonyl (C=O) groups excluding carboxylic acids is 1. The molecule has 1 aliphatic heterocycles. The minimum atomic E-state index is -0.205. The zero-order chi connectivity index (χ0) is 13.7. The van der Waals surface area contributed by atoms with Gasteiger partial charge in [-0.15, -0.1) is 0 Å². The summed E-state index contributed by atoms with van der Waals surface area (Å²) < 4.78 is 6.42. The normalized spacial score (nSPS) is 14.9. The molecule has 0 bridgehead atoms. The first kappa shape index (κ1) is 14.3. The van der Waals surface area contributed by atoms with Gasteiger partial charge in [0.15, 0.2) is 0 Å². The van der Waals surface area contributed by atoms with Crippen LogP contribution in [0.15, 0.2) is 30.0 Å². The summed E-state index contributed by atoms with van der Waals surface area (Å²) in [6.45, 7) is 3.46. The molecule has 102 valence electrons. The highest BCUT2D eigenvalue weighted by Gasteiger charge is 2.07. The number of nitrogens with one attached hydrogen (secondary N) is 2. The maximum Gasteiger partial charge on any atom is 0.323 e. The Morgan fingerprint density at radius 3 is 2.79 bits per heavy atom. The largest absolute Gasteiger partial charge is 0.381 e. The molecule has 1 fully saturated rings. The average Bonchev–Trinajstić information content (AvgIpc) is 2.41. The number of benzene rings is 1. The van der Waals surface area contributed by atoms with Crippen molar-refractivity contribution in [2.75, 3.05) is 18.5 Å². The van der Waals surface area contributed by atoms with Crippen LogP contribution < -0.4 is 10.6 Å². The molecule has 0 atom stereocenters.